The second-order valence-electron chi connectivity index (χ2n) is 6.79. The van der Waals surface area contributed by atoms with Crippen molar-refractivity contribution in [1.82, 2.24) is 14.5 Å². The average Bonchev–Trinajstić information content (AvgIpc) is 3.36. The molecular formula is C23H17N3O2S. The topological polar surface area (TPSA) is 60.9 Å². The van der Waals surface area contributed by atoms with Gasteiger partial charge in [-0.05, 0) is 30.2 Å². The fraction of sp³-hybridized carbons (Fsp3) is 0.0870. The Hall–Kier alpha value is -3.51. The third kappa shape index (κ3) is 3.17. The SMILES string of the molecule is Cc1c(-c2ccccc2)sc2ncn(Cc3coc(-c4ccccc4)n3)c(=O)c12. The Bertz CT molecular complexity index is 1350. The van der Waals surface area contributed by atoms with E-state index in [1.807, 2.05) is 55.5 Å². The predicted molar refractivity (Wildman–Crippen MR) is 115 cm³/mol. The van der Waals surface area contributed by atoms with Crippen LogP contribution in [0.1, 0.15) is 11.3 Å². The van der Waals surface area contributed by atoms with Crippen LogP contribution in [-0.4, -0.2) is 14.5 Å². The van der Waals surface area contributed by atoms with Gasteiger partial charge in [-0.3, -0.25) is 9.36 Å². The molecule has 142 valence electrons. The molecule has 0 saturated heterocycles. The normalized spacial score (nSPS) is 11.2. The zero-order chi connectivity index (χ0) is 19.8. The summed E-state index contributed by atoms with van der Waals surface area (Å²) in [5.41, 5.74) is 3.59. The van der Waals surface area contributed by atoms with E-state index in [-0.39, 0.29) is 5.56 Å². The molecule has 0 aliphatic rings. The van der Waals surface area contributed by atoms with Crippen molar-refractivity contribution < 1.29 is 4.42 Å². The molecule has 3 aromatic heterocycles. The molecule has 0 atom stereocenters. The van der Waals surface area contributed by atoms with Gasteiger partial charge in [-0.15, -0.1) is 11.3 Å². The Morgan fingerprint density at radius 1 is 1.00 bits per heavy atom. The predicted octanol–water partition coefficient (Wildman–Crippen LogP) is 5.14. The van der Waals surface area contributed by atoms with E-state index in [1.165, 1.54) is 0 Å². The molecule has 0 aliphatic carbocycles. The van der Waals surface area contributed by atoms with E-state index in [0.29, 0.717) is 23.5 Å². The van der Waals surface area contributed by atoms with Crippen molar-refractivity contribution in [3.05, 3.63) is 94.9 Å². The van der Waals surface area contributed by atoms with Crippen molar-refractivity contribution in [3.63, 3.8) is 0 Å². The van der Waals surface area contributed by atoms with Crippen molar-refractivity contribution in [2.75, 3.05) is 0 Å². The number of rotatable bonds is 4. The van der Waals surface area contributed by atoms with Gasteiger partial charge in [-0.2, -0.15) is 0 Å². The van der Waals surface area contributed by atoms with Gasteiger partial charge in [0.1, 0.15) is 11.1 Å². The molecule has 0 fully saturated rings. The first kappa shape index (κ1) is 17.6. The van der Waals surface area contributed by atoms with Gasteiger partial charge in [0, 0.05) is 10.4 Å². The molecule has 5 rings (SSSR count). The molecular weight excluding hydrogens is 382 g/mol. The Labute approximate surface area is 170 Å². The summed E-state index contributed by atoms with van der Waals surface area (Å²) in [6.07, 6.45) is 3.18. The maximum atomic E-state index is 13.1. The highest BCUT2D eigenvalue weighted by molar-refractivity contribution is 7.22. The van der Waals surface area contributed by atoms with E-state index < -0.39 is 0 Å². The van der Waals surface area contributed by atoms with Crippen molar-refractivity contribution >= 4 is 21.6 Å². The van der Waals surface area contributed by atoms with Gasteiger partial charge in [0.2, 0.25) is 5.89 Å². The van der Waals surface area contributed by atoms with Crippen molar-refractivity contribution in [1.29, 1.82) is 0 Å². The number of benzene rings is 2. The summed E-state index contributed by atoms with van der Waals surface area (Å²) >= 11 is 1.55. The molecule has 0 amide bonds. The van der Waals surface area contributed by atoms with E-state index in [4.69, 9.17) is 4.42 Å². The second-order valence-corrected chi connectivity index (χ2v) is 7.79. The van der Waals surface area contributed by atoms with Crippen LogP contribution in [0.2, 0.25) is 0 Å². The number of aryl methyl sites for hydroxylation is 1. The molecule has 0 radical (unpaired) electrons. The van der Waals surface area contributed by atoms with E-state index >= 15 is 0 Å². The lowest BCUT2D eigenvalue weighted by Crippen LogP contribution is -2.21. The number of thiophene rings is 1. The Kier molecular flexibility index (Phi) is 4.33. The third-order valence-corrected chi connectivity index (χ3v) is 6.11. The first-order valence-corrected chi connectivity index (χ1v) is 10.1. The van der Waals surface area contributed by atoms with Gasteiger partial charge in [0.05, 0.1) is 24.0 Å². The van der Waals surface area contributed by atoms with E-state index in [0.717, 1.165) is 26.4 Å². The lowest BCUT2D eigenvalue weighted by Gasteiger charge is -2.03. The molecule has 0 unspecified atom stereocenters. The largest absolute Gasteiger partial charge is 0.444 e. The number of nitrogens with zero attached hydrogens (tertiary/aromatic N) is 3. The molecule has 0 bridgehead atoms. The number of fused-ring (bicyclic) bond motifs is 1. The van der Waals surface area contributed by atoms with Crippen LogP contribution < -0.4 is 5.56 Å². The molecule has 6 heteroatoms. The first-order chi connectivity index (χ1) is 14.2. The molecule has 5 aromatic rings. The Morgan fingerprint density at radius 3 is 2.41 bits per heavy atom. The number of oxazole rings is 1. The standard InChI is InChI=1S/C23H17N3O2S/c1-15-19-22(29-20(15)16-8-4-2-5-9-16)24-14-26(23(19)27)12-18-13-28-21(25-18)17-10-6-3-7-11-17/h2-11,13-14H,12H2,1H3. The first-order valence-electron chi connectivity index (χ1n) is 9.24. The van der Waals surface area contributed by atoms with Crippen LogP contribution in [0.4, 0.5) is 0 Å². The number of hydrogen-bond acceptors (Lipinski definition) is 5. The second kappa shape index (κ2) is 7.14. The molecule has 29 heavy (non-hydrogen) atoms. The summed E-state index contributed by atoms with van der Waals surface area (Å²) in [6, 6.07) is 19.8. The monoisotopic (exact) mass is 399 g/mol. The Morgan fingerprint density at radius 2 is 1.69 bits per heavy atom. The lowest BCUT2D eigenvalue weighted by atomic mass is 10.1. The maximum Gasteiger partial charge on any atom is 0.262 e. The molecule has 0 N–H and O–H groups in total. The highest BCUT2D eigenvalue weighted by Crippen LogP contribution is 2.35. The van der Waals surface area contributed by atoms with Gasteiger partial charge < -0.3 is 4.42 Å². The minimum Gasteiger partial charge on any atom is -0.444 e. The van der Waals surface area contributed by atoms with Gasteiger partial charge in [0.15, 0.2) is 0 Å². The summed E-state index contributed by atoms with van der Waals surface area (Å²) in [4.78, 5) is 24.0. The zero-order valence-electron chi connectivity index (χ0n) is 15.7. The Balaban J connectivity index is 1.52. The van der Waals surface area contributed by atoms with Crippen LogP contribution >= 0.6 is 11.3 Å². The summed E-state index contributed by atoms with van der Waals surface area (Å²) in [6.45, 7) is 2.30. The highest BCUT2D eigenvalue weighted by atomic mass is 32.1. The zero-order valence-corrected chi connectivity index (χ0v) is 16.5. The quantitative estimate of drug-likeness (QED) is 0.420. The fourth-order valence-corrected chi connectivity index (χ4v) is 4.55. The molecule has 2 aromatic carbocycles. The molecule has 0 saturated carbocycles. The van der Waals surface area contributed by atoms with Gasteiger partial charge in [0.25, 0.3) is 5.56 Å². The summed E-state index contributed by atoms with van der Waals surface area (Å²) in [5, 5.41) is 0.670. The summed E-state index contributed by atoms with van der Waals surface area (Å²) < 4.78 is 7.18. The lowest BCUT2D eigenvalue weighted by molar-refractivity contribution is 0.571. The van der Waals surface area contributed by atoms with E-state index in [1.54, 1.807) is 28.5 Å². The van der Waals surface area contributed by atoms with Gasteiger partial charge >= 0.3 is 0 Å². The van der Waals surface area contributed by atoms with Crippen molar-refractivity contribution in [2.45, 2.75) is 13.5 Å². The van der Waals surface area contributed by atoms with E-state index in [9.17, 15) is 4.79 Å². The van der Waals surface area contributed by atoms with Crippen LogP contribution in [0.25, 0.3) is 32.1 Å². The van der Waals surface area contributed by atoms with Crippen molar-refractivity contribution in [3.8, 4) is 21.9 Å². The molecule has 0 aliphatic heterocycles. The summed E-state index contributed by atoms with van der Waals surface area (Å²) in [7, 11) is 0. The minimum atomic E-state index is -0.0600. The smallest absolute Gasteiger partial charge is 0.262 e. The fourth-order valence-electron chi connectivity index (χ4n) is 3.40. The number of hydrogen-bond donors (Lipinski definition) is 0. The number of aromatic nitrogens is 3. The minimum absolute atomic E-state index is 0.0600. The average molecular weight is 399 g/mol. The highest BCUT2D eigenvalue weighted by Gasteiger charge is 2.16. The third-order valence-electron chi connectivity index (χ3n) is 4.86. The van der Waals surface area contributed by atoms with E-state index in [2.05, 4.69) is 22.1 Å². The van der Waals surface area contributed by atoms with Crippen LogP contribution in [0, 0.1) is 6.92 Å². The van der Waals surface area contributed by atoms with Crippen LogP contribution in [0.5, 0.6) is 0 Å². The summed E-state index contributed by atoms with van der Waals surface area (Å²) in [5.74, 6) is 0.542. The van der Waals surface area contributed by atoms with Crippen LogP contribution in [0.15, 0.2) is 82.5 Å². The molecule has 0 spiro atoms. The van der Waals surface area contributed by atoms with Crippen molar-refractivity contribution in [2.24, 2.45) is 0 Å². The maximum absolute atomic E-state index is 13.1. The van der Waals surface area contributed by atoms with Crippen LogP contribution in [0.3, 0.4) is 0 Å². The molecule has 3 heterocycles. The van der Waals surface area contributed by atoms with Crippen LogP contribution in [-0.2, 0) is 6.54 Å². The molecule has 5 nitrogen and oxygen atoms in total. The van der Waals surface area contributed by atoms with Gasteiger partial charge in [-0.25, -0.2) is 9.97 Å². The van der Waals surface area contributed by atoms with Gasteiger partial charge in [-0.1, -0.05) is 48.5 Å².